The van der Waals surface area contributed by atoms with Gasteiger partial charge >= 0.3 is 12.0 Å². The van der Waals surface area contributed by atoms with Crippen LogP contribution in [0.4, 0.5) is 4.79 Å². The smallest absolute Gasteiger partial charge is 0.327 e. The fourth-order valence-corrected chi connectivity index (χ4v) is 2.98. The number of thioether (sulfide) groups is 1. The van der Waals surface area contributed by atoms with E-state index in [0.29, 0.717) is 11.6 Å². The van der Waals surface area contributed by atoms with Gasteiger partial charge in [-0.2, -0.15) is 0 Å². The Labute approximate surface area is 106 Å². The number of nitrogens with zero attached hydrogens (tertiary/aromatic N) is 2. The van der Waals surface area contributed by atoms with Gasteiger partial charge in [0.15, 0.2) is 0 Å². The Bertz CT molecular complexity index is 298. The molecule has 0 bridgehead atoms. The quantitative estimate of drug-likeness (QED) is 0.835. The third-order valence-electron chi connectivity index (χ3n) is 3.08. The van der Waals surface area contributed by atoms with E-state index < -0.39 is 12.0 Å². The van der Waals surface area contributed by atoms with Crippen LogP contribution in [-0.4, -0.2) is 57.7 Å². The number of carbonyl (C=O) groups is 2. The lowest BCUT2D eigenvalue weighted by molar-refractivity contribution is -0.140. The molecule has 17 heavy (non-hydrogen) atoms. The van der Waals surface area contributed by atoms with Gasteiger partial charge in [0.05, 0.1) is 5.88 Å². The molecule has 1 heterocycles. The van der Waals surface area contributed by atoms with E-state index in [2.05, 4.69) is 6.92 Å². The maximum absolute atomic E-state index is 12.2. The van der Waals surface area contributed by atoms with E-state index in [1.165, 1.54) is 16.7 Å². The van der Waals surface area contributed by atoms with Crippen LogP contribution >= 0.6 is 11.8 Å². The molecule has 1 fully saturated rings. The highest BCUT2D eigenvalue weighted by Crippen LogP contribution is 2.23. The van der Waals surface area contributed by atoms with Gasteiger partial charge in [-0.25, -0.2) is 9.59 Å². The summed E-state index contributed by atoms with van der Waals surface area (Å²) in [5.74, 6) is 0.0377. The molecular weight excluding hydrogens is 240 g/mol. The summed E-state index contributed by atoms with van der Waals surface area (Å²) in [6, 6.07) is -0.709. The molecule has 98 valence electrons. The zero-order valence-corrected chi connectivity index (χ0v) is 11.4. The molecule has 0 aromatic heterocycles. The van der Waals surface area contributed by atoms with Crippen molar-refractivity contribution in [2.45, 2.75) is 38.8 Å². The number of amides is 2. The molecule has 0 spiro atoms. The zero-order valence-electron chi connectivity index (χ0n) is 10.5. The van der Waals surface area contributed by atoms with Gasteiger partial charge in [-0.3, -0.25) is 0 Å². The van der Waals surface area contributed by atoms with Crippen molar-refractivity contribution in [3.05, 3.63) is 0 Å². The average molecular weight is 260 g/mol. The van der Waals surface area contributed by atoms with E-state index in [-0.39, 0.29) is 12.1 Å². The van der Waals surface area contributed by atoms with Gasteiger partial charge in [-0.15, -0.1) is 11.8 Å². The molecular formula is C11H20N2O3S. The number of aliphatic carboxylic acids is 1. The predicted molar refractivity (Wildman–Crippen MR) is 68.1 cm³/mol. The van der Waals surface area contributed by atoms with Crippen LogP contribution in [0, 0.1) is 0 Å². The summed E-state index contributed by atoms with van der Waals surface area (Å²) in [6.45, 7) is 4.06. The Morgan fingerprint density at radius 3 is 2.76 bits per heavy atom. The Morgan fingerprint density at radius 2 is 2.24 bits per heavy atom. The molecule has 0 aromatic rings. The highest BCUT2D eigenvalue weighted by Gasteiger charge is 2.36. The van der Waals surface area contributed by atoms with Gasteiger partial charge in [0.2, 0.25) is 0 Å². The third-order valence-corrected chi connectivity index (χ3v) is 4.09. The summed E-state index contributed by atoms with van der Waals surface area (Å²) in [7, 11) is 1.74. The summed E-state index contributed by atoms with van der Waals surface area (Å²) >= 11 is 1.49. The maximum Gasteiger partial charge on any atom is 0.327 e. The summed E-state index contributed by atoms with van der Waals surface area (Å²) in [5, 5.41) is 9.03. The van der Waals surface area contributed by atoms with Crippen LogP contribution < -0.4 is 0 Å². The van der Waals surface area contributed by atoms with Gasteiger partial charge in [0.1, 0.15) is 6.04 Å². The molecule has 0 saturated carbocycles. The van der Waals surface area contributed by atoms with E-state index >= 15 is 0 Å². The molecule has 1 rings (SSSR count). The van der Waals surface area contributed by atoms with Crippen LogP contribution in [0.5, 0.6) is 0 Å². The van der Waals surface area contributed by atoms with Crippen molar-refractivity contribution in [3.8, 4) is 0 Å². The highest BCUT2D eigenvalue weighted by atomic mass is 32.2. The van der Waals surface area contributed by atoms with Crippen molar-refractivity contribution in [3.63, 3.8) is 0 Å². The molecule has 2 atom stereocenters. The van der Waals surface area contributed by atoms with E-state index in [9.17, 15) is 9.59 Å². The number of carbonyl (C=O) groups excluding carboxylic acids is 1. The number of carboxylic acids is 1. The van der Waals surface area contributed by atoms with Gasteiger partial charge in [-0.05, 0) is 13.3 Å². The first-order chi connectivity index (χ1) is 7.99. The number of urea groups is 1. The minimum atomic E-state index is -0.917. The van der Waals surface area contributed by atoms with Crippen LogP contribution in [0.25, 0.3) is 0 Å². The fourth-order valence-electron chi connectivity index (χ4n) is 1.84. The second-order valence-corrected chi connectivity index (χ2v) is 5.35. The van der Waals surface area contributed by atoms with Crippen molar-refractivity contribution in [2.24, 2.45) is 0 Å². The minimum absolute atomic E-state index is 0.146. The monoisotopic (exact) mass is 260 g/mol. The average Bonchev–Trinajstić information content (AvgIpc) is 2.76. The van der Waals surface area contributed by atoms with E-state index in [4.69, 9.17) is 5.11 Å². The predicted octanol–water partition coefficient (Wildman–Crippen LogP) is 1.69. The molecule has 6 heteroatoms. The Balaban J connectivity index is 2.65. The van der Waals surface area contributed by atoms with Crippen molar-refractivity contribution >= 4 is 23.8 Å². The summed E-state index contributed by atoms with van der Waals surface area (Å²) in [6.07, 6.45) is 1.94. The number of rotatable bonds is 4. The van der Waals surface area contributed by atoms with Crippen LogP contribution in [0.1, 0.15) is 26.7 Å². The standard InChI is InChI=1S/C11H20N2O3S/c1-4-5-8(2)12(3)11(16)13-7-17-6-9(13)10(14)15/h8-9H,4-7H2,1-3H3,(H,14,15). The molecule has 1 N–H and O–H groups in total. The van der Waals surface area contributed by atoms with Crippen LogP contribution in [0.2, 0.25) is 0 Å². The van der Waals surface area contributed by atoms with Gasteiger partial charge < -0.3 is 14.9 Å². The Hall–Kier alpha value is -0.910. The Morgan fingerprint density at radius 1 is 1.59 bits per heavy atom. The molecule has 1 saturated heterocycles. The third kappa shape index (κ3) is 3.28. The summed E-state index contributed by atoms with van der Waals surface area (Å²) in [5.41, 5.74) is 0. The summed E-state index contributed by atoms with van der Waals surface area (Å²) < 4.78 is 0. The first-order valence-corrected chi connectivity index (χ1v) is 6.98. The SMILES string of the molecule is CCCC(C)N(C)C(=O)N1CSCC1C(=O)O. The lowest BCUT2D eigenvalue weighted by Gasteiger charge is -2.31. The van der Waals surface area contributed by atoms with Gasteiger partial charge in [0, 0.05) is 18.8 Å². The number of hydrogen-bond donors (Lipinski definition) is 1. The van der Waals surface area contributed by atoms with Crippen molar-refractivity contribution in [1.82, 2.24) is 9.80 Å². The maximum atomic E-state index is 12.2. The molecule has 5 nitrogen and oxygen atoms in total. The van der Waals surface area contributed by atoms with E-state index in [1.54, 1.807) is 11.9 Å². The van der Waals surface area contributed by atoms with E-state index in [0.717, 1.165) is 12.8 Å². The Kier molecular flexibility index (Phi) is 5.11. The number of carboxylic acid groups (broad SMARTS) is 1. The van der Waals surface area contributed by atoms with Crippen molar-refractivity contribution in [1.29, 1.82) is 0 Å². The van der Waals surface area contributed by atoms with Crippen LogP contribution in [-0.2, 0) is 4.79 Å². The molecule has 2 amide bonds. The van der Waals surface area contributed by atoms with Gasteiger partial charge in [-0.1, -0.05) is 13.3 Å². The normalized spacial score (nSPS) is 21.4. The summed E-state index contributed by atoms with van der Waals surface area (Å²) in [4.78, 5) is 26.2. The minimum Gasteiger partial charge on any atom is -0.480 e. The second-order valence-electron chi connectivity index (χ2n) is 4.35. The van der Waals surface area contributed by atoms with Crippen molar-refractivity contribution < 1.29 is 14.7 Å². The molecule has 0 radical (unpaired) electrons. The second kappa shape index (κ2) is 6.14. The first kappa shape index (κ1) is 14.2. The lowest BCUT2D eigenvalue weighted by atomic mass is 10.2. The largest absolute Gasteiger partial charge is 0.480 e. The highest BCUT2D eigenvalue weighted by molar-refractivity contribution is 7.99. The van der Waals surface area contributed by atoms with Gasteiger partial charge in [0.25, 0.3) is 0 Å². The van der Waals surface area contributed by atoms with E-state index in [1.807, 2.05) is 6.92 Å². The molecule has 1 aliphatic rings. The van der Waals surface area contributed by atoms with Crippen LogP contribution in [0.15, 0.2) is 0 Å². The van der Waals surface area contributed by atoms with Crippen molar-refractivity contribution in [2.75, 3.05) is 18.7 Å². The topological polar surface area (TPSA) is 60.9 Å². The molecule has 0 aromatic carbocycles. The van der Waals surface area contributed by atoms with Crippen LogP contribution in [0.3, 0.4) is 0 Å². The fraction of sp³-hybridized carbons (Fsp3) is 0.818. The molecule has 1 aliphatic heterocycles. The zero-order chi connectivity index (χ0) is 13.0. The number of hydrogen-bond acceptors (Lipinski definition) is 3. The molecule has 0 aliphatic carbocycles. The molecule has 2 unspecified atom stereocenters. The first-order valence-electron chi connectivity index (χ1n) is 5.83. The lowest BCUT2D eigenvalue weighted by Crippen LogP contribution is -2.49.